The van der Waals surface area contributed by atoms with Crippen LogP contribution in [0.2, 0.25) is 0 Å². The Bertz CT molecular complexity index is 338. The molecule has 1 aromatic rings. The lowest BCUT2D eigenvalue weighted by Gasteiger charge is -2.13. The first-order chi connectivity index (χ1) is 7.79. The third kappa shape index (κ3) is 3.46. The Morgan fingerprint density at radius 3 is 2.81 bits per heavy atom. The number of nitrogens with zero attached hydrogens (tertiary/aromatic N) is 2. The van der Waals surface area contributed by atoms with E-state index in [2.05, 4.69) is 11.9 Å². The van der Waals surface area contributed by atoms with Gasteiger partial charge < -0.3 is 0 Å². The van der Waals surface area contributed by atoms with E-state index in [1.54, 1.807) is 24.6 Å². The number of pyridine rings is 1. The van der Waals surface area contributed by atoms with Crippen LogP contribution in [0.3, 0.4) is 0 Å². The van der Waals surface area contributed by atoms with E-state index in [1.165, 1.54) is 6.20 Å². The number of unbranched alkanes of at least 4 members (excludes halogenated alkanes) is 2. The van der Waals surface area contributed by atoms with Crippen LogP contribution >= 0.6 is 0 Å². The molecule has 0 bridgehead atoms. The third-order valence-electron chi connectivity index (χ3n) is 2.22. The minimum atomic E-state index is -0.383. The molecule has 85 valence electrons. The standard InChI is InChI=1S/C12H15N2O2/c1-2-3-6-9-14(10-15)12(16)11-7-4-5-8-13-11/h4-5,7-8H,2-3,6,9H2,1H3. The van der Waals surface area contributed by atoms with Crippen molar-refractivity contribution in [1.29, 1.82) is 0 Å². The maximum Gasteiger partial charge on any atom is 0.319 e. The minimum absolute atomic E-state index is 0.280. The Morgan fingerprint density at radius 2 is 2.25 bits per heavy atom. The van der Waals surface area contributed by atoms with E-state index in [-0.39, 0.29) is 11.6 Å². The lowest BCUT2D eigenvalue weighted by Crippen LogP contribution is -2.31. The molecule has 2 amide bonds. The Balaban J connectivity index is 2.59. The van der Waals surface area contributed by atoms with Crippen LogP contribution < -0.4 is 0 Å². The van der Waals surface area contributed by atoms with Crippen LogP contribution in [0.25, 0.3) is 0 Å². The summed E-state index contributed by atoms with van der Waals surface area (Å²) in [4.78, 5) is 27.4. The summed E-state index contributed by atoms with van der Waals surface area (Å²) in [6, 6.07) is 5.03. The zero-order chi connectivity index (χ0) is 11.8. The summed E-state index contributed by atoms with van der Waals surface area (Å²) in [6.07, 6.45) is 6.03. The smallest absolute Gasteiger partial charge is 0.269 e. The van der Waals surface area contributed by atoms with E-state index in [4.69, 9.17) is 0 Å². The topological polar surface area (TPSA) is 50.3 Å². The van der Waals surface area contributed by atoms with Crippen molar-refractivity contribution < 1.29 is 9.59 Å². The molecule has 0 fully saturated rings. The molecule has 0 N–H and O–H groups in total. The second-order valence-electron chi connectivity index (χ2n) is 3.47. The SMILES string of the molecule is CCCCCN([C]=O)C(=O)c1ccccn1. The first-order valence-electron chi connectivity index (χ1n) is 5.40. The van der Waals surface area contributed by atoms with Crippen LogP contribution in [0.5, 0.6) is 0 Å². The molecule has 1 radical (unpaired) electrons. The van der Waals surface area contributed by atoms with Gasteiger partial charge in [-0.3, -0.25) is 19.5 Å². The molecule has 0 saturated heterocycles. The Hall–Kier alpha value is -1.71. The Kier molecular flexibility index (Phi) is 5.19. The van der Waals surface area contributed by atoms with E-state index in [0.29, 0.717) is 6.54 Å². The first-order valence-corrected chi connectivity index (χ1v) is 5.40. The normalized spacial score (nSPS) is 9.81. The number of amides is 2. The molecule has 0 spiro atoms. The highest BCUT2D eigenvalue weighted by atomic mass is 16.2. The molecule has 0 saturated carbocycles. The largest absolute Gasteiger partial charge is 0.319 e. The van der Waals surface area contributed by atoms with Crippen molar-refractivity contribution in [3.63, 3.8) is 0 Å². The number of hydrogen-bond donors (Lipinski definition) is 0. The van der Waals surface area contributed by atoms with Gasteiger partial charge in [0, 0.05) is 12.7 Å². The van der Waals surface area contributed by atoms with Crippen LogP contribution in [-0.2, 0) is 4.79 Å². The molecule has 1 aromatic heterocycles. The number of imide groups is 1. The molecule has 0 aliphatic heterocycles. The maximum atomic E-state index is 11.8. The summed E-state index contributed by atoms with van der Waals surface area (Å²) in [5.74, 6) is -0.383. The molecule has 0 aliphatic carbocycles. The fourth-order valence-electron chi connectivity index (χ4n) is 1.34. The van der Waals surface area contributed by atoms with Crippen LogP contribution in [0.15, 0.2) is 24.4 Å². The predicted octanol–water partition coefficient (Wildman–Crippen LogP) is 1.78. The van der Waals surface area contributed by atoms with Crippen molar-refractivity contribution in [2.75, 3.05) is 6.54 Å². The van der Waals surface area contributed by atoms with E-state index in [1.807, 2.05) is 0 Å². The molecule has 0 atom stereocenters. The first kappa shape index (κ1) is 12.4. The highest BCUT2D eigenvalue weighted by Gasteiger charge is 2.15. The Morgan fingerprint density at radius 1 is 1.44 bits per heavy atom. The molecule has 1 heterocycles. The zero-order valence-electron chi connectivity index (χ0n) is 9.35. The highest BCUT2D eigenvalue weighted by molar-refractivity contribution is 5.98. The van der Waals surface area contributed by atoms with Gasteiger partial charge in [0.1, 0.15) is 5.69 Å². The molecular formula is C12H15N2O2. The summed E-state index contributed by atoms with van der Waals surface area (Å²) in [5.41, 5.74) is 0.280. The third-order valence-corrected chi connectivity index (χ3v) is 2.22. The second kappa shape index (κ2) is 6.71. The fourth-order valence-corrected chi connectivity index (χ4v) is 1.34. The zero-order valence-corrected chi connectivity index (χ0v) is 9.35. The summed E-state index contributed by atoms with van der Waals surface area (Å²) in [7, 11) is 0. The van der Waals surface area contributed by atoms with Crippen LogP contribution in [0.4, 0.5) is 0 Å². The van der Waals surface area contributed by atoms with Gasteiger partial charge in [-0.2, -0.15) is 0 Å². The van der Waals surface area contributed by atoms with Gasteiger partial charge in [0.05, 0.1) is 0 Å². The number of carbonyl (C=O) groups excluding carboxylic acids is 2. The van der Waals surface area contributed by atoms with Gasteiger partial charge in [-0.25, -0.2) is 0 Å². The van der Waals surface area contributed by atoms with E-state index >= 15 is 0 Å². The summed E-state index contributed by atoms with van der Waals surface area (Å²) in [6.45, 7) is 2.47. The average Bonchev–Trinajstić information content (AvgIpc) is 2.35. The Labute approximate surface area is 95.3 Å². The van der Waals surface area contributed by atoms with E-state index in [9.17, 15) is 9.59 Å². The lowest BCUT2D eigenvalue weighted by molar-refractivity contribution is 0.0836. The van der Waals surface area contributed by atoms with E-state index < -0.39 is 0 Å². The average molecular weight is 219 g/mol. The second-order valence-corrected chi connectivity index (χ2v) is 3.47. The molecule has 1 rings (SSSR count). The molecular weight excluding hydrogens is 204 g/mol. The number of aromatic nitrogens is 1. The van der Waals surface area contributed by atoms with Crippen molar-refractivity contribution in [3.8, 4) is 0 Å². The highest BCUT2D eigenvalue weighted by Crippen LogP contribution is 2.02. The predicted molar refractivity (Wildman–Crippen MR) is 60.5 cm³/mol. The molecule has 0 aliphatic rings. The van der Waals surface area contributed by atoms with Gasteiger partial charge in [0.2, 0.25) is 0 Å². The van der Waals surface area contributed by atoms with Crippen LogP contribution in [0.1, 0.15) is 36.7 Å². The minimum Gasteiger partial charge on any atom is -0.269 e. The molecule has 0 aromatic carbocycles. The maximum absolute atomic E-state index is 11.8. The van der Waals surface area contributed by atoms with Crippen molar-refractivity contribution in [2.45, 2.75) is 26.2 Å². The van der Waals surface area contributed by atoms with Crippen molar-refractivity contribution in [3.05, 3.63) is 30.1 Å². The summed E-state index contributed by atoms with van der Waals surface area (Å²) >= 11 is 0. The molecule has 0 unspecified atom stereocenters. The van der Waals surface area contributed by atoms with Gasteiger partial charge in [-0.05, 0) is 18.6 Å². The molecule has 4 heteroatoms. The van der Waals surface area contributed by atoms with Gasteiger partial charge >= 0.3 is 6.41 Å². The van der Waals surface area contributed by atoms with Crippen molar-refractivity contribution in [1.82, 2.24) is 9.88 Å². The molecule has 4 nitrogen and oxygen atoms in total. The molecule has 16 heavy (non-hydrogen) atoms. The number of carbonyl (C=O) groups is 1. The number of rotatable bonds is 6. The quantitative estimate of drug-likeness (QED) is 0.541. The fraction of sp³-hybridized carbons (Fsp3) is 0.417. The summed E-state index contributed by atoms with van der Waals surface area (Å²) in [5, 5.41) is 0. The monoisotopic (exact) mass is 219 g/mol. The van der Waals surface area contributed by atoms with Crippen LogP contribution in [0, 0.1) is 0 Å². The van der Waals surface area contributed by atoms with Crippen LogP contribution in [-0.4, -0.2) is 28.7 Å². The van der Waals surface area contributed by atoms with Gasteiger partial charge in [-0.1, -0.05) is 25.8 Å². The number of hydrogen-bond acceptors (Lipinski definition) is 3. The van der Waals surface area contributed by atoms with Gasteiger partial charge in [-0.15, -0.1) is 0 Å². The van der Waals surface area contributed by atoms with Gasteiger partial charge in [0.15, 0.2) is 0 Å². The lowest BCUT2D eigenvalue weighted by atomic mass is 10.2. The summed E-state index contributed by atoms with van der Waals surface area (Å²) < 4.78 is 0. The van der Waals surface area contributed by atoms with Gasteiger partial charge in [0.25, 0.3) is 5.91 Å². The van der Waals surface area contributed by atoms with Crippen molar-refractivity contribution in [2.24, 2.45) is 0 Å². The van der Waals surface area contributed by atoms with Crippen molar-refractivity contribution >= 4 is 12.3 Å². The van der Waals surface area contributed by atoms with E-state index in [0.717, 1.165) is 24.2 Å².